The Labute approximate surface area is 125 Å². The van der Waals surface area contributed by atoms with Crippen LogP contribution in [-0.2, 0) is 11.3 Å². The van der Waals surface area contributed by atoms with Crippen LogP contribution in [0.15, 0.2) is 23.1 Å². The van der Waals surface area contributed by atoms with Crippen LogP contribution in [0.1, 0.15) is 32.6 Å². The summed E-state index contributed by atoms with van der Waals surface area (Å²) in [6, 6.07) is 3.12. The Bertz CT molecular complexity index is 521. The number of amides is 1. The number of carbonyl (C=O) groups is 1. The van der Waals surface area contributed by atoms with Crippen molar-refractivity contribution in [2.75, 3.05) is 11.9 Å². The van der Waals surface area contributed by atoms with Crippen molar-refractivity contribution in [1.82, 2.24) is 4.57 Å². The molecule has 1 heterocycles. The third-order valence-corrected chi connectivity index (χ3v) is 4.02. The molecule has 0 aliphatic heterocycles. The molecular weight excluding hydrogens is 278 g/mol. The average Bonchev–Trinajstić information content (AvgIpc) is 2.91. The molecule has 0 radical (unpaired) electrons. The SMILES string of the molecule is CCn1cc(NC(=O)C2(CN)CCCC2)ccc1=O.Cl. The smallest absolute Gasteiger partial charge is 0.250 e. The second-order valence-corrected chi connectivity index (χ2v) is 5.19. The van der Waals surface area contributed by atoms with E-state index in [1.807, 2.05) is 6.92 Å². The molecule has 1 aromatic rings. The number of nitrogens with one attached hydrogen (secondary N) is 1. The Balaban J connectivity index is 0.00000200. The summed E-state index contributed by atoms with van der Waals surface area (Å²) in [6.07, 6.45) is 5.49. The van der Waals surface area contributed by atoms with E-state index in [1.54, 1.807) is 16.8 Å². The van der Waals surface area contributed by atoms with Gasteiger partial charge in [-0.15, -0.1) is 12.4 Å². The quantitative estimate of drug-likeness (QED) is 0.889. The Hall–Kier alpha value is -1.33. The minimum Gasteiger partial charge on any atom is -0.329 e. The standard InChI is InChI=1S/C14H21N3O2.ClH/c1-2-17-9-11(5-6-12(17)18)16-13(19)14(10-15)7-3-4-8-14;/h5-6,9H,2-4,7-8,10,15H2,1H3,(H,16,19);1H. The van der Waals surface area contributed by atoms with Crippen molar-refractivity contribution in [3.05, 3.63) is 28.7 Å². The van der Waals surface area contributed by atoms with E-state index in [-0.39, 0.29) is 23.9 Å². The van der Waals surface area contributed by atoms with Crippen LogP contribution < -0.4 is 16.6 Å². The molecule has 20 heavy (non-hydrogen) atoms. The van der Waals surface area contributed by atoms with E-state index < -0.39 is 5.41 Å². The molecule has 1 fully saturated rings. The highest BCUT2D eigenvalue weighted by molar-refractivity contribution is 5.95. The minimum absolute atomic E-state index is 0. The monoisotopic (exact) mass is 299 g/mol. The van der Waals surface area contributed by atoms with Crippen LogP contribution in [0.5, 0.6) is 0 Å². The van der Waals surface area contributed by atoms with Crippen molar-refractivity contribution < 1.29 is 4.79 Å². The Morgan fingerprint density at radius 3 is 2.60 bits per heavy atom. The van der Waals surface area contributed by atoms with Crippen molar-refractivity contribution in [2.24, 2.45) is 11.1 Å². The fourth-order valence-electron chi connectivity index (χ4n) is 2.69. The number of halogens is 1. The Kier molecular flexibility index (Phi) is 5.77. The number of pyridine rings is 1. The fourth-order valence-corrected chi connectivity index (χ4v) is 2.69. The largest absolute Gasteiger partial charge is 0.329 e. The second kappa shape index (κ2) is 6.90. The van der Waals surface area contributed by atoms with Crippen LogP contribution in [0, 0.1) is 5.41 Å². The van der Waals surface area contributed by atoms with Gasteiger partial charge in [-0.25, -0.2) is 0 Å². The van der Waals surface area contributed by atoms with Crippen LogP contribution in [0.25, 0.3) is 0 Å². The summed E-state index contributed by atoms with van der Waals surface area (Å²) in [5.74, 6) is -0.0196. The van der Waals surface area contributed by atoms with Gasteiger partial charge in [0, 0.05) is 25.4 Å². The summed E-state index contributed by atoms with van der Waals surface area (Å²) in [5, 5.41) is 2.90. The molecule has 1 amide bonds. The van der Waals surface area contributed by atoms with E-state index in [1.165, 1.54) is 6.07 Å². The molecule has 1 aromatic heterocycles. The van der Waals surface area contributed by atoms with E-state index >= 15 is 0 Å². The molecule has 1 aliphatic rings. The first kappa shape index (κ1) is 16.7. The summed E-state index contributed by atoms with van der Waals surface area (Å²) < 4.78 is 1.57. The van der Waals surface area contributed by atoms with E-state index in [4.69, 9.17) is 5.73 Å². The number of hydrogen-bond acceptors (Lipinski definition) is 3. The summed E-state index contributed by atoms with van der Waals surface area (Å²) in [7, 11) is 0. The lowest BCUT2D eigenvalue weighted by molar-refractivity contribution is -0.124. The van der Waals surface area contributed by atoms with Gasteiger partial charge in [0.05, 0.1) is 11.1 Å². The summed E-state index contributed by atoms with van der Waals surface area (Å²) in [5.41, 5.74) is 5.96. The van der Waals surface area contributed by atoms with Crippen molar-refractivity contribution >= 4 is 24.0 Å². The summed E-state index contributed by atoms with van der Waals surface area (Å²) in [6.45, 7) is 2.86. The molecule has 5 nitrogen and oxygen atoms in total. The molecule has 0 atom stereocenters. The molecule has 112 valence electrons. The molecule has 1 saturated carbocycles. The number of nitrogens with two attached hydrogens (primary N) is 1. The van der Waals surface area contributed by atoms with Gasteiger partial charge in [0.1, 0.15) is 0 Å². The number of rotatable bonds is 4. The Morgan fingerprint density at radius 2 is 2.05 bits per heavy atom. The van der Waals surface area contributed by atoms with Crippen molar-refractivity contribution in [3.63, 3.8) is 0 Å². The van der Waals surface area contributed by atoms with E-state index in [2.05, 4.69) is 5.32 Å². The predicted molar refractivity (Wildman–Crippen MR) is 82.2 cm³/mol. The highest BCUT2D eigenvalue weighted by Crippen LogP contribution is 2.38. The van der Waals surface area contributed by atoms with Gasteiger partial charge in [0.15, 0.2) is 0 Å². The number of anilines is 1. The molecule has 6 heteroatoms. The first-order valence-corrected chi connectivity index (χ1v) is 6.83. The average molecular weight is 300 g/mol. The van der Waals surface area contributed by atoms with Crippen molar-refractivity contribution in [1.29, 1.82) is 0 Å². The van der Waals surface area contributed by atoms with Gasteiger partial charge in [-0.3, -0.25) is 9.59 Å². The molecule has 1 aliphatic carbocycles. The maximum absolute atomic E-state index is 12.4. The van der Waals surface area contributed by atoms with E-state index in [9.17, 15) is 9.59 Å². The fraction of sp³-hybridized carbons (Fsp3) is 0.571. The first-order valence-electron chi connectivity index (χ1n) is 6.83. The molecule has 3 N–H and O–H groups in total. The maximum atomic E-state index is 12.4. The molecule has 2 rings (SSSR count). The van der Waals surface area contributed by atoms with Crippen LogP contribution in [0.2, 0.25) is 0 Å². The minimum atomic E-state index is -0.423. The molecule has 0 bridgehead atoms. The highest BCUT2D eigenvalue weighted by atomic mass is 35.5. The lowest BCUT2D eigenvalue weighted by Gasteiger charge is -2.25. The van der Waals surface area contributed by atoms with E-state index in [0.717, 1.165) is 25.7 Å². The molecule has 0 spiro atoms. The second-order valence-electron chi connectivity index (χ2n) is 5.19. The third-order valence-electron chi connectivity index (χ3n) is 4.02. The van der Waals surface area contributed by atoms with Gasteiger partial charge < -0.3 is 15.6 Å². The molecule has 0 aromatic carbocycles. The zero-order chi connectivity index (χ0) is 13.9. The van der Waals surface area contributed by atoms with Gasteiger partial charge in [-0.2, -0.15) is 0 Å². The topological polar surface area (TPSA) is 77.1 Å². The van der Waals surface area contributed by atoms with Gasteiger partial charge in [0.25, 0.3) is 5.56 Å². The molecular formula is C14H22ClN3O2. The van der Waals surface area contributed by atoms with Gasteiger partial charge in [-0.1, -0.05) is 12.8 Å². The zero-order valence-electron chi connectivity index (χ0n) is 11.7. The normalized spacial score (nSPS) is 16.5. The zero-order valence-corrected chi connectivity index (χ0v) is 12.5. The number of nitrogens with zero attached hydrogens (tertiary/aromatic N) is 1. The lowest BCUT2D eigenvalue weighted by Crippen LogP contribution is -2.40. The van der Waals surface area contributed by atoms with Crippen LogP contribution >= 0.6 is 12.4 Å². The lowest BCUT2D eigenvalue weighted by atomic mass is 9.85. The number of hydrogen-bond donors (Lipinski definition) is 2. The predicted octanol–water partition coefficient (Wildman–Crippen LogP) is 1.75. The van der Waals surface area contributed by atoms with E-state index in [0.29, 0.717) is 18.8 Å². The Morgan fingerprint density at radius 1 is 1.40 bits per heavy atom. The van der Waals surface area contributed by atoms with Gasteiger partial charge in [-0.05, 0) is 25.8 Å². The molecule has 0 saturated heterocycles. The summed E-state index contributed by atoms with van der Waals surface area (Å²) >= 11 is 0. The van der Waals surface area contributed by atoms with Gasteiger partial charge >= 0.3 is 0 Å². The highest BCUT2D eigenvalue weighted by Gasteiger charge is 2.39. The summed E-state index contributed by atoms with van der Waals surface area (Å²) in [4.78, 5) is 23.9. The number of aromatic nitrogens is 1. The molecule has 0 unspecified atom stereocenters. The van der Waals surface area contributed by atoms with Crippen LogP contribution in [0.4, 0.5) is 5.69 Å². The third kappa shape index (κ3) is 3.22. The first-order chi connectivity index (χ1) is 9.11. The number of aryl methyl sites for hydroxylation is 1. The number of carbonyl (C=O) groups excluding carboxylic acids is 1. The van der Waals surface area contributed by atoms with Crippen LogP contribution in [-0.4, -0.2) is 17.0 Å². The van der Waals surface area contributed by atoms with Crippen molar-refractivity contribution in [3.8, 4) is 0 Å². The van der Waals surface area contributed by atoms with Crippen LogP contribution in [0.3, 0.4) is 0 Å². The maximum Gasteiger partial charge on any atom is 0.250 e. The van der Waals surface area contributed by atoms with Gasteiger partial charge in [0.2, 0.25) is 5.91 Å². The van der Waals surface area contributed by atoms with Crippen molar-refractivity contribution in [2.45, 2.75) is 39.2 Å².